The highest BCUT2D eigenvalue weighted by Gasteiger charge is 2.15. The standard InChI is InChI=1S/C7H7F2N3O2/c8-7(9)14-6-4(5(13)12-10)2-1-3-11-6/h1-3,7H,10H2,(H,12,13). The van der Waals surface area contributed by atoms with Gasteiger partial charge in [-0.3, -0.25) is 10.2 Å². The summed E-state index contributed by atoms with van der Waals surface area (Å²) in [7, 11) is 0. The van der Waals surface area contributed by atoms with Crippen LogP contribution in [0.15, 0.2) is 18.3 Å². The van der Waals surface area contributed by atoms with Crippen LogP contribution in [0.4, 0.5) is 8.78 Å². The molecule has 76 valence electrons. The minimum Gasteiger partial charge on any atom is -0.416 e. The predicted octanol–water partition coefficient (Wildman–Crippen LogP) is 0.286. The Morgan fingerprint density at radius 3 is 2.93 bits per heavy atom. The van der Waals surface area contributed by atoms with Crippen molar-refractivity contribution in [2.75, 3.05) is 0 Å². The number of amides is 1. The van der Waals surface area contributed by atoms with Gasteiger partial charge in [0, 0.05) is 6.20 Å². The van der Waals surface area contributed by atoms with E-state index in [1.165, 1.54) is 18.3 Å². The average Bonchev–Trinajstić information content (AvgIpc) is 2.16. The van der Waals surface area contributed by atoms with Crippen LogP contribution in [0.5, 0.6) is 5.88 Å². The van der Waals surface area contributed by atoms with Crippen molar-refractivity contribution >= 4 is 5.91 Å². The maximum absolute atomic E-state index is 11.8. The second-order valence-electron chi connectivity index (χ2n) is 2.21. The lowest BCUT2D eigenvalue weighted by molar-refractivity contribution is -0.0531. The number of hydrogen-bond donors (Lipinski definition) is 2. The number of carbonyl (C=O) groups is 1. The van der Waals surface area contributed by atoms with Crippen LogP contribution in [-0.2, 0) is 0 Å². The second kappa shape index (κ2) is 4.47. The molecule has 0 aliphatic carbocycles. The number of carbonyl (C=O) groups excluding carboxylic acids is 1. The molecule has 14 heavy (non-hydrogen) atoms. The maximum Gasteiger partial charge on any atom is 0.388 e. The molecular weight excluding hydrogens is 196 g/mol. The molecule has 1 amide bonds. The first kappa shape index (κ1) is 10.3. The van der Waals surface area contributed by atoms with E-state index in [4.69, 9.17) is 5.84 Å². The topological polar surface area (TPSA) is 77.2 Å². The first-order valence-corrected chi connectivity index (χ1v) is 3.56. The van der Waals surface area contributed by atoms with Gasteiger partial charge in [-0.25, -0.2) is 10.8 Å². The zero-order valence-corrected chi connectivity index (χ0v) is 6.91. The third-order valence-electron chi connectivity index (χ3n) is 1.35. The Balaban J connectivity index is 2.97. The summed E-state index contributed by atoms with van der Waals surface area (Å²) in [5.41, 5.74) is 1.65. The number of nitrogens with two attached hydrogens (primary N) is 1. The fourth-order valence-electron chi connectivity index (χ4n) is 0.820. The molecule has 0 unspecified atom stereocenters. The fraction of sp³-hybridized carbons (Fsp3) is 0.143. The molecule has 0 aromatic carbocycles. The smallest absolute Gasteiger partial charge is 0.388 e. The third-order valence-corrected chi connectivity index (χ3v) is 1.35. The molecule has 3 N–H and O–H groups in total. The van der Waals surface area contributed by atoms with Gasteiger partial charge in [-0.05, 0) is 12.1 Å². The SMILES string of the molecule is NNC(=O)c1cccnc1OC(F)F. The molecule has 0 saturated carbocycles. The lowest BCUT2D eigenvalue weighted by Crippen LogP contribution is -2.30. The van der Waals surface area contributed by atoms with Crippen LogP contribution in [-0.4, -0.2) is 17.5 Å². The fourth-order valence-corrected chi connectivity index (χ4v) is 0.820. The van der Waals surface area contributed by atoms with Crippen LogP contribution in [0, 0.1) is 0 Å². The van der Waals surface area contributed by atoms with Crippen LogP contribution < -0.4 is 16.0 Å². The molecule has 0 bridgehead atoms. The predicted molar refractivity (Wildman–Crippen MR) is 42.5 cm³/mol. The summed E-state index contributed by atoms with van der Waals surface area (Å²) in [6.07, 6.45) is 1.23. The number of ether oxygens (including phenoxy) is 1. The number of halogens is 2. The normalized spacial score (nSPS) is 10.0. The molecule has 1 rings (SSSR count). The van der Waals surface area contributed by atoms with Crippen molar-refractivity contribution in [3.63, 3.8) is 0 Å². The lowest BCUT2D eigenvalue weighted by atomic mass is 10.2. The average molecular weight is 203 g/mol. The van der Waals surface area contributed by atoms with Crippen molar-refractivity contribution in [3.05, 3.63) is 23.9 Å². The molecule has 0 spiro atoms. The van der Waals surface area contributed by atoms with E-state index in [1.54, 1.807) is 5.43 Å². The number of nitrogen functional groups attached to an aromatic ring is 1. The van der Waals surface area contributed by atoms with E-state index in [-0.39, 0.29) is 5.56 Å². The first-order valence-electron chi connectivity index (χ1n) is 3.56. The van der Waals surface area contributed by atoms with Gasteiger partial charge in [0.1, 0.15) is 5.56 Å². The summed E-state index contributed by atoms with van der Waals surface area (Å²) < 4.78 is 27.7. The number of pyridine rings is 1. The Kier molecular flexibility index (Phi) is 3.29. The molecule has 0 atom stereocenters. The zero-order chi connectivity index (χ0) is 10.6. The van der Waals surface area contributed by atoms with Gasteiger partial charge in [-0.2, -0.15) is 8.78 Å². The minimum atomic E-state index is -3.03. The number of alkyl halides is 2. The molecular formula is C7H7F2N3O2. The van der Waals surface area contributed by atoms with Crippen molar-refractivity contribution in [1.29, 1.82) is 0 Å². The minimum absolute atomic E-state index is 0.143. The van der Waals surface area contributed by atoms with Crippen molar-refractivity contribution in [1.82, 2.24) is 10.4 Å². The van der Waals surface area contributed by atoms with Crippen LogP contribution in [0.2, 0.25) is 0 Å². The Morgan fingerprint density at radius 1 is 1.64 bits per heavy atom. The molecule has 0 fully saturated rings. The highest BCUT2D eigenvalue weighted by Crippen LogP contribution is 2.16. The van der Waals surface area contributed by atoms with Gasteiger partial charge < -0.3 is 4.74 Å². The zero-order valence-electron chi connectivity index (χ0n) is 6.91. The van der Waals surface area contributed by atoms with E-state index >= 15 is 0 Å². The Labute approximate surface area is 77.8 Å². The van der Waals surface area contributed by atoms with Crippen molar-refractivity contribution in [2.45, 2.75) is 6.61 Å². The molecule has 0 aliphatic heterocycles. The Bertz CT molecular complexity index is 332. The van der Waals surface area contributed by atoms with Gasteiger partial charge in [0.2, 0.25) is 5.88 Å². The summed E-state index contributed by atoms with van der Waals surface area (Å²) in [6.45, 7) is -3.03. The quantitative estimate of drug-likeness (QED) is 0.420. The number of hydrogen-bond acceptors (Lipinski definition) is 4. The van der Waals surface area contributed by atoms with Gasteiger partial charge in [0.25, 0.3) is 5.91 Å². The summed E-state index contributed by atoms with van der Waals surface area (Å²) in [5.74, 6) is 3.64. The highest BCUT2D eigenvalue weighted by molar-refractivity contribution is 5.95. The highest BCUT2D eigenvalue weighted by atomic mass is 19.3. The summed E-state index contributed by atoms with van der Waals surface area (Å²) in [6, 6.07) is 2.68. The molecule has 7 heteroatoms. The summed E-state index contributed by atoms with van der Waals surface area (Å²) in [5, 5.41) is 0. The molecule has 0 radical (unpaired) electrons. The molecule has 0 saturated heterocycles. The van der Waals surface area contributed by atoms with E-state index < -0.39 is 18.4 Å². The number of nitrogens with zero attached hydrogens (tertiary/aromatic N) is 1. The van der Waals surface area contributed by atoms with Crippen LogP contribution in [0.1, 0.15) is 10.4 Å². The van der Waals surface area contributed by atoms with Gasteiger partial charge in [0.15, 0.2) is 0 Å². The number of nitrogens with one attached hydrogen (secondary N) is 1. The number of hydrazine groups is 1. The lowest BCUT2D eigenvalue weighted by Gasteiger charge is -2.07. The summed E-state index contributed by atoms with van der Waals surface area (Å²) in [4.78, 5) is 14.5. The van der Waals surface area contributed by atoms with Gasteiger partial charge in [-0.15, -0.1) is 0 Å². The van der Waals surface area contributed by atoms with Crippen LogP contribution in [0.3, 0.4) is 0 Å². The van der Waals surface area contributed by atoms with Crippen LogP contribution >= 0.6 is 0 Å². The monoisotopic (exact) mass is 203 g/mol. The number of rotatable bonds is 3. The Morgan fingerprint density at radius 2 is 2.36 bits per heavy atom. The van der Waals surface area contributed by atoms with Gasteiger partial charge in [0.05, 0.1) is 0 Å². The van der Waals surface area contributed by atoms with E-state index in [2.05, 4.69) is 9.72 Å². The molecule has 1 aromatic rings. The van der Waals surface area contributed by atoms with Crippen LogP contribution in [0.25, 0.3) is 0 Å². The molecule has 1 aromatic heterocycles. The third kappa shape index (κ3) is 2.36. The van der Waals surface area contributed by atoms with Gasteiger partial charge in [-0.1, -0.05) is 0 Å². The molecule has 1 heterocycles. The summed E-state index contributed by atoms with van der Waals surface area (Å²) >= 11 is 0. The maximum atomic E-state index is 11.8. The Hall–Kier alpha value is -1.76. The van der Waals surface area contributed by atoms with E-state index in [0.717, 1.165) is 0 Å². The molecule has 5 nitrogen and oxygen atoms in total. The van der Waals surface area contributed by atoms with E-state index in [0.29, 0.717) is 0 Å². The molecule has 0 aliphatic rings. The number of aromatic nitrogens is 1. The van der Waals surface area contributed by atoms with E-state index in [1.807, 2.05) is 0 Å². The van der Waals surface area contributed by atoms with Crippen molar-refractivity contribution in [3.8, 4) is 5.88 Å². The first-order chi connectivity index (χ1) is 6.65. The van der Waals surface area contributed by atoms with E-state index in [9.17, 15) is 13.6 Å². The van der Waals surface area contributed by atoms with Crippen molar-refractivity contribution in [2.24, 2.45) is 5.84 Å². The largest absolute Gasteiger partial charge is 0.416 e. The van der Waals surface area contributed by atoms with Crippen molar-refractivity contribution < 1.29 is 18.3 Å². The van der Waals surface area contributed by atoms with Gasteiger partial charge >= 0.3 is 6.61 Å². The second-order valence-corrected chi connectivity index (χ2v) is 2.21.